The van der Waals surface area contributed by atoms with E-state index >= 15 is 0 Å². The minimum absolute atomic E-state index is 0.0313. The van der Waals surface area contributed by atoms with Gasteiger partial charge in [-0.2, -0.15) is 0 Å². The highest BCUT2D eigenvalue weighted by Crippen LogP contribution is 2.14. The van der Waals surface area contributed by atoms with Crippen molar-refractivity contribution in [3.63, 3.8) is 0 Å². The summed E-state index contributed by atoms with van der Waals surface area (Å²) in [5, 5.41) is 8.74. The molecule has 1 fully saturated rings. The molecule has 3 aromatic rings. The lowest BCUT2D eigenvalue weighted by Gasteiger charge is -2.26. The molecule has 1 aliphatic rings. The van der Waals surface area contributed by atoms with Gasteiger partial charge < -0.3 is 25.6 Å². The van der Waals surface area contributed by atoms with Crippen molar-refractivity contribution >= 4 is 29.1 Å². The highest BCUT2D eigenvalue weighted by Gasteiger charge is 2.18. The van der Waals surface area contributed by atoms with Crippen LogP contribution in [0.4, 0.5) is 11.4 Å². The van der Waals surface area contributed by atoms with Crippen LogP contribution in [0.3, 0.4) is 0 Å². The number of rotatable bonds is 8. The van der Waals surface area contributed by atoms with Crippen molar-refractivity contribution < 1.29 is 19.1 Å². The summed E-state index contributed by atoms with van der Waals surface area (Å²) < 4.78 is 5.28. The molecule has 8 heteroatoms. The third kappa shape index (κ3) is 6.91. The maximum Gasteiger partial charge on any atom is 0.254 e. The van der Waals surface area contributed by atoms with Crippen LogP contribution in [0.15, 0.2) is 78.9 Å². The van der Waals surface area contributed by atoms with E-state index in [9.17, 15) is 14.4 Å². The number of hydrogen-bond acceptors (Lipinski definition) is 5. The first-order valence-electron chi connectivity index (χ1n) is 11.5. The van der Waals surface area contributed by atoms with Crippen molar-refractivity contribution in [3.05, 3.63) is 95.6 Å². The third-order valence-corrected chi connectivity index (χ3v) is 5.59. The Balaban J connectivity index is 1.25. The lowest BCUT2D eigenvalue weighted by molar-refractivity contribution is -0.114. The second-order valence-corrected chi connectivity index (χ2v) is 8.13. The number of carbonyl (C=O) groups excluding carboxylic acids is 3. The molecule has 0 saturated carbocycles. The smallest absolute Gasteiger partial charge is 0.254 e. The molecule has 1 aliphatic heterocycles. The predicted molar refractivity (Wildman–Crippen MR) is 134 cm³/mol. The highest BCUT2D eigenvalue weighted by molar-refractivity contribution is 5.97. The number of morpholine rings is 1. The molecular formula is C27H28N4O4. The van der Waals surface area contributed by atoms with E-state index in [-0.39, 0.29) is 24.3 Å². The molecule has 3 aromatic carbocycles. The fraction of sp³-hybridized carbons (Fsp3) is 0.222. The fourth-order valence-electron chi connectivity index (χ4n) is 3.68. The van der Waals surface area contributed by atoms with Gasteiger partial charge in [0.25, 0.3) is 11.8 Å². The molecule has 0 unspecified atom stereocenters. The zero-order valence-electron chi connectivity index (χ0n) is 19.3. The van der Waals surface area contributed by atoms with E-state index in [0.717, 1.165) is 5.56 Å². The molecule has 3 N–H and O–H groups in total. The Bertz CT molecular complexity index is 1160. The first kappa shape index (κ1) is 24.0. The van der Waals surface area contributed by atoms with Crippen molar-refractivity contribution in [2.45, 2.75) is 6.54 Å². The number of carbonyl (C=O) groups is 3. The summed E-state index contributed by atoms with van der Waals surface area (Å²) in [5.41, 5.74) is 3.37. The van der Waals surface area contributed by atoms with Crippen molar-refractivity contribution in [1.82, 2.24) is 10.2 Å². The number of hydrogen-bond donors (Lipinski definition) is 3. The number of benzene rings is 3. The monoisotopic (exact) mass is 472 g/mol. The zero-order valence-corrected chi connectivity index (χ0v) is 19.3. The Labute approximate surface area is 204 Å². The molecule has 8 nitrogen and oxygen atoms in total. The number of anilines is 2. The normalized spacial score (nSPS) is 13.1. The summed E-state index contributed by atoms with van der Waals surface area (Å²) in [6, 6.07) is 23.5. The van der Waals surface area contributed by atoms with Crippen molar-refractivity contribution in [1.29, 1.82) is 0 Å². The van der Waals surface area contributed by atoms with Gasteiger partial charge in [-0.1, -0.05) is 36.4 Å². The molecule has 0 bridgehead atoms. The average Bonchev–Trinajstić information content (AvgIpc) is 2.92. The third-order valence-electron chi connectivity index (χ3n) is 5.59. The molecular weight excluding hydrogens is 444 g/mol. The van der Waals surface area contributed by atoms with Crippen LogP contribution in [-0.2, 0) is 16.1 Å². The summed E-state index contributed by atoms with van der Waals surface area (Å²) in [4.78, 5) is 39.1. The summed E-state index contributed by atoms with van der Waals surface area (Å²) >= 11 is 0. The van der Waals surface area contributed by atoms with E-state index in [0.29, 0.717) is 55.3 Å². The molecule has 1 saturated heterocycles. The second-order valence-electron chi connectivity index (χ2n) is 8.13. The van der Waals surface area contributed by atoms with Gasteiger partial charge in [0, 0.05) is 42.1 Å². The van der Waals surface area contributed by atoms with Gasteiger partial charge in [0.15, 0.2) is 0 Å². The quantitative estimate of drug-likeness (QED) is 0.468. The topological polar surface area (TPSA) is 99.8 Å². The van der Waals surface area contributed by atoms with E-state index in [1.54, 1.807) is 53.4 Å². The van der Waals surface area contributed by atoms with Crippen molar-refractivity contribution in [3.8, 4) is 0 Å². The van der Waals surface area contributed by atoms with Crippen LogP contribution in [0, 0.1) is 0 Å². The van der Waals surface area contributed by atoms with Gasteiger partial charge in [-0.25, -0.2) is 0 Å². The average molecular weight is 473 g/mol. The van der Waals surface area contributed by atoms with E-state index in [4.69, 9.17) is 4.74 Å². The molecule has 0 aromatic heterocycles. The Morgan fingerprint density at radius 2 is 1.54 bits per heavy atom. The van der Waals surface area contributed by atoms with Gasteiger partial charge in [0.05, 0.1) is 19.8 Å². The van der Waals surface area contributed by atoms with Crippen LogP contribution in [0.5, 0.6) is 0 Å². The van der Waals surface area contributed by atoms with E-state index in [2.05, 4.69) is 16.0 Å². The molecule has 3 amide bonds. The molecule has 180 valence electrons. The number of nitrogens with one attached hydrogen (secondary N) is 3. The van der Waals surface area contributed by atoms with Gasteiger partial charge in [-0.05, 0) is 48.0 Å². The molecule has 0 radical (unpaired) electrons. The van der Waals surface area contributed by atoms with Crippen LogP contribution in [0.2, 0.25) is 0 Å². The minimum atomic E-state index is -0.240. The lowest BCUT2D eigenvalue weighted by atomic mass is 10.1. The Morgan fingerprint density at radius 1 is 0.800 bits per heavy atom. The number of amides is 3. The first-order valence-corrected chi connectivity index (χ1v) is 11.5. The van der Waals surface area contributed by atoms with Gasteiger partial charge in [-0.15, -0.1) is 0 Å². The van der Waals surface area contributed by atoms with Crippen LogP contribution in [0.1, 0.15) is 26.3 Å². The second kappa shape index (κ2) is 11.8. The molecule has 4 rings (SSSR count). The molecule has 35 heavy (non-hydrogen) atoms. The van der Waals surface area contributed by atoms with Crippen LogP contribution < -0.4 is 16.0 Å². The van der Waals surface area contributed by atoms with E-state index in [1.165, 1.54) is 0 Å². The predicted octanol–water partition coefficient (Wildman–Crippen LogP) is 3.14. The number of nitrogens with zero attached hydrogens (tertiary/aromatic N) is 1. The Kier molecular flexibility index (Phi) is 8.08. The molecule has 0 atom stereocenters. The van der Waals surface area contributed by atoms with Crippen molar-refractivity contribution in [2.75, 3.05) is 43.5 Å². The fourth-order valence-corrected chi connectivity index (χ4v) is 3.68. The summed E-state index contributed by atoms with van der Waals surface area (Å²) in [5.74, 6) is -0.467. The number of ether oxygens (including phenoxy) is 1. The summed E-state index contributed by atoms with van der Waals surface area (Å²) in [7, 11) is 0. The largest absolute Gasteiger partial charge is 0.378 e. The molecule has 0 spiro atoms. The minimum Gasteiger partial charge on any atom is -0.378 e. The van der Waals surface area contributed by atoms with Gasteiger partial charge in [0.2, 0.25) is 5.91 Å². The van der Waals surface area contributed by atoms with Crippen LogP contribution in [0.25, 0.3) is 0 Å². The van der Waals surface area contributed by atoms with E-state index < -0.39 is 0 Å². The Morgan fingerprint density at radius 3 is 2.29 bits per heavy atom. The van der Waals surface area contributed by atoms with Gasteiger partial charge in [0.1, 0.15) is 0 Å². The standard InChI is InChI=1S/C27H28N4O4/c32-25(30-23-11-9-21(10-12-23)27(34)31-13-15-35-16-14-31)19-28-24-8-4-7-22(17-24)26(33)29-18-20-5-2-1-3-6-20/h1-12,17,28H,13-16,18-19H2,(H,29,33)(H,30,32). The van der Waals surface area contributed by atoms with Gasteiger partial charge in [-0.3, -0.25) is 14.4 Å². The van der Waals surface area contributed by atoms with Crippen LogP contribution >= 0.6 is 0 Å². The van der Waals surface area contributed by atoms with Crippen LogP contribution in [-0.4, -0.2) is 55.5 Å². The SMILES string of the molecule is O=C(CNc1cccc(C(=O)NCc2ccccc2)c1)Nc1ccc(C(=O)N2CCOCC2)cc1. The Hall–Kier alpha value is -4.17. The van der Waals surface area contributed by atoms with Gasteiger partial charge >= 0.3 is 0 Å². The zero-order chi connectivity index (χ0) is 24.5. The molecule has 0 aliphatic carbocycles. The summed E-state index contributed by atoms with van der Waals surface area (Å²) in [6.45, 7) is 2.74. The van der Waals surface area contributed by atoms with E-state index in [1.807, 2.05) is 30.3 Å². The highest BCUT2D eigenvalue weighted by atomic mass is 16.5. The summed E-state index contributed by atoms with van der Waals surface area (Å²) in [6.07, 6.45) is 0. The molecule has 1 heterocycles. The lowest BCUT2D eigenvalue weighted by Crippen LogP contribution is -2.40. The van der Waals surface area contributed by atoms with Crippen molar-refractivity contribution in [2.24, 2.45) is 0 Å². The maximum absolute atomic E-state index is 12.5. The first-order chi connectivity index (χ1) is 17.1. The maximum atomic E-state index is 12.5.